The fraction of sp³-hybridized carbons (Fsp3) is 0.286. The number of ether oxygens (including phenoxy) is 1. The van der Waals surface area contributed by atoms with Gasteiger partial charge in [0.25, 0.3) is 5.91 Å². The van der Waals surface area contributed by atoms with E-state index in [1.807, 2.05) is 43.3 Å². The average Bonchev–Trinajstić information content (AvgIpc) is 3.23. The number of benzene rings is 3. The van der Waals surface area contributed by atoms with Gasteiger partial charge in [0.2, 0.25) is 10.0 Å². The van der Waals surface area contributed by atoms with Gasteiger partial charge in [-0.25, -0.2) is 12.8 Å². The normalized spacial score (nSPS) is 19.2. The molecule has 0 unspecified atom stereocenters. The molecule has 0 radical (unpaired) electrons. The number of carbonyl (C=O) groups is 2. The van der Waals surface area contributed by atoms with Crippen LogP contribution in [0.15, 0.2) is 77.7 Å². The molecule has 3 aromatic rings. The molecule has 0 fully saturated rings. The number of sulfonamides is 1. The smallest absolute Gasteiger partial charge is 0.308 e. The molecule has 7 nitrogen and oxygen atoms in total. The Bertz CT molecular complexity index is 1440. The first kappa shape index (κ1) is 25.1. The van der Waals surface area contributed by atoms with Crippen LogP contribution in [-0.2, 0) is 37.2 Å². The van der Waals surface area contributed by atoms with Gasteiger partial charge >= 0.3 is 5.97 Å². The fourth-order valence-electron chi connectivity index (χ4n) is 5.24. The summed E-state index contributed by atoms with van der Waals surface area (Å²) >= 11 is 0. The molecule has 0 N–H and O–H groups in total. The predicted molar refractivity (Wildman–Crippen MR) is 136 cm³/mol. The van der Waals surface area contributed by atoms with Crippen molar-refractivity contribution >= 4 is 27.6 Å². The van der Waals surface area contributed by atoms with Crippen molar-refractivity contribution in [1.82, 2.24) is 4.31 Å². The summed E-state index contributed by atoms with van der Waals surface area (Å²) in [5.41, 5.74) is 3.54. The van der Waals surface area contributed by atoms with E-state index in [1.165, 1.54) is 16.4 Å². The van der Waals surface area contributed by atoms with Crippen LogP contribution in [0.25, 0.3) is 0 Å². The van der Waals surface area contributed by atoms with Gasteiger partial charge in [-0.05, 0) is 66.8 Å². The van der Waals surface area contributed by atoms with Crippen LogP contribution in [0, 0.1) is 5.82 Å². The van der Waals surface area contributed by atoms with Crippen LogP contribution in [0.4, 0.5) is 10.1 Å². The zero-order valence-corrected chi connectivity index (χ0v) is 21.2. The molecule has 9 heteroatoms. The van der Waals surface area contributed by atoms with Crippen molar-refractivity contribution in [1.29, 1.82) is 0 Å². The van der Waals surface area contributed by atoms with E-state index in [-0.39, 0.29) is 29.8 Å². The van der Waals surface area contributed by atoms with Crippen LogP contribution in [-0.4, -0.2) is 43.8 Å². The second-order valence-electron chi connectivity index (χ2n) is 9.34. The SMILES string of the molecule is C[C@@H]1Cc2ccccc2N1C(=O)COC(=O)C[C@H]1c2ccccc2CCN1S(=O)(=O)c1ccc(F)cc1. The Kier molecular flexibility index (Phi) is 6.83. The number of nitrogens with zero attached hydrogens (tertiary/aromatic N) is 2. The lowest BCUT2D eigenvalue weighted by Gasteiger charge is -2.36. The molecular formula is C28H27FN2O5S. The minimum atomic E-state index is -4.02. The van der Waals surface area contributed by atoms with Crippen LogP contribution in [0.3, 0.4) is 0 Å². The number of anilines is 1. The van der Waals surface area contributed by atoms with Crippen LogP contribution in [0.1, 0.15) is 36.1 Å². The molecule has 37 heavy (non-hydrogen) atoms. The second kappa shape index (κ2) is 10.1. The molecule has 0 bridgehead atoms. The Hall–Kier alpha value is -3.56. The molecule has 0 saturated heterocycles. The number of para-hydroxylation sites is 1. The van der Waals surface area contributed by atoms with Gasteiger partial charge in [0.15, 0.2) is 6.61 Å². The van der Waals surface area contributed by atoms with Crippen molar-refractivity contribution in [2.45, 2.75) is 43.2 Å². The first-order chi connectivity index (χ1) is 17.8. The lowest BCUT2D eigenvalue weighted by Crippen LogP contribution is -2.42. The van der Waals surface area contributed by atoms with Gasteiger partial charge in [-0.1, -0.05) is 42.5 Å². The van der Waals surface area contributed by atoms with Gasteiger partial charge in [-0.3, -0.25) is 9.59 Å². The maximum absolute atomic E-state index is 13.5. The van der Waals surface area contributed by atoms with Gasteiger partial charge in [0.1, 0.15) is 5.82 Å². The third-order valence-corrected chi connectivity index (χ3v) is 8.90. The molecule has 2 atom stereocenters. The zero-order chi connectivity index (χ0) is 26.2. The number of rotatable bonds is 6. The molecule has 1 amide bonds. The Labute approximate surface area is 215 Å². The van der Waals surface area contributed by atoms with E-state index in [0.717, 1.165) is 35.4 Å². The monoisotopic (exact) mass is 522 g/mol. The van der Waals surface area contributed by atoms with Gasteiger partial charge < -0.3 is 9.64 Å². The molecular weight excluding hydrogens is 495 g/mol. The summed E-state index contributed by atoms with van der Waals surface area (Å²) in [4.78, 5) is 27.5. The minimum absolute atomic E-state index is 0.0508. The van der Waals surface area contributed by atoms with Gasteiger partial charge in [-0.15, -0.1) is 0 Å². The largest absolute Gasteiger partial charge is 0.455 e. The van der Waals surface area contributed by atoms with E-state index >= 15 is 0 Å². The lowest BCUT2D eigenvalue weighted by molar-refractivity contribution is -0.148. The third kappa shape index (κ3) is 4.89. The molecule has 2 heterocycles. The number of hydrogen-bond donors (Lipinski definition) is 0. The molecule has 2 aliphatic rings. The van der Waals surface area contributed by atoms with Crippen molar-refractivity contribution < 1.29 is 27.1 Å². The van der Waals surface area contributed by atoms with Gasteiger partial charge in [0, 0.05) is 18.3 Å². The van der Waals surface area contributed by atoms with E-state index in [0.29, 0.717) is 12.0 Å². The highest BCUT2D eigenvalue weighted by atomic mass is 32.2. The molecule has 5 rings (SSSR count). The summed E-state index contributed by atoms with van der Waals surface area (Å²) in [6.45, 7) is 1.67. The number of fused-ring (bicyclic) bond motifs is 2. The van der Waals surface area contributed by atoms with Crippen molar-refractivity contribution in [3.63, 3.8) is 0 Å². The summed E-state index contributed by atoms with van der Waals surface area (Å²) in [6.07, 6.45) is 0.953. The minimum Gasteiger partial charge on any atom is -0.455 e. The summed E-state index contributed by atoms with van der Waals surface area (Å²) in [7, 11) is -4.02. The highest BCUT2D eigenvalue weighted by Crippen LogP contribution is 2.37. The van der Waals surface area contributed by atoms with Crippen LogP contribution < -0.4 is 4.90 Å². The van der Waals surface area contributed by atoms with Crippen LogP contribution in [0.5, 0.6) is 0 Å². The van der Waals surface area contributed by atoms with E-state index in [9.17, 15) is 22.4 Å². The van der Waals surface area contributed by atoms with Gasteiger partial charge in [-0.2, -0.15) is 4.31 Å². The summed E-state index contributed by atoms with van der Waals surface area (Å²) in [6, 6.07) is 18.8. The molecule has 0 saturated carbocycles. The van der Waals surface area contributed by atoms with Crippen LogP contribution >= 0.6 is 0 Å². The molecule has 0 spiro atoms. The Morgan fingerprint density at radius 3 is 2.41 bits per heavy atom. The maximum Gasteiger partial charge on any atom is 0.308 e. The summed E-state index contributed by atoms with van der Waals surface area (Å²) in [5, 5.41) is 0. The van der Waals surface area contributed by atoms with E-state index in [2.05, 4.69) is 0 Å². The highest BCUT2D eigenvalue weighted by molar-refractivity contribution is 7.89. The Balaban J connectivity index is 1.34. The number of amides is 1. The quantitative estimate of drug-likeness (QED) is 0.457. The van der Waals surface area contributed by atoms with Crippen molar-refractivity contribution in [3.05, 3.63) is 95.3 Å². The number of esters is 1. The second-order valence-corrected chi connectivity index (χ2v) is 11.2. The summed E-state index contributed by atoms with van der Waals surface area (Å²) in [5.74, 6) is -1.54. The molecule has 3 aromatic carbocycles. The van der Waals surface area contributed by atoms with Crippen LogP contribution in [0.2, 0.25) is 0 Å². The molecule has 192 valence electrons. The fourth-order valence-corrected chi connectivity index (χ4v) is 6.85. The predicted octanol–water partition coefficient (Wildman–Crippen LogP) is 4.02. The van der Waals surface area contributed by atoms with Crippen molar-refractivity contribution in [2.75, 3.05) is 18.1 Å². The van der Waals surface area contributed by atoms with Crippen molar-refractivity contribution in [3.8, 4) is 0 Å². The number of halogens is 1. The standard InChI is InChI=1S/C28H27FN2O5S/c1-19-16-21-7-3-5-9-25(21)31(19)27(32)18-36-28(33)17-26-24-8-4-2-6-20(24)14-15-30(26)37(34,35)23-12-10-22(29)11-13-23/h2-13,19,26H,14-18H2,1H3/t19-,26+/m1/s1. The zero-order valence-electron chi connectivity index (χ0n) is 20.3. The first-order valence-electron chi connectivity index (χ1n) is 12.2. The van der Waals surface area contributed by atoms with Crippen molar-refractivity contribution in [2.24, 2.45) is 0 Å². The van der Waals surface area contributed by atoms with E-state index in [4.69, 9.17) is 4.74 Å². The highest BCUT2D eigenvalue weighted by Gasteiger charge is 2.38. The molecule has 2 aliphatic heterocycles. The number of hydrogen-bond acceptors (Lipinski definition) is 5. The first-order valence-corrected chi connectivity index (χ1v) is 13.6. The van der Waals surface area contributed by atoms with E-state index < -0.39 is 34.5 Å². The van der Waals surface area contributed by atoms with Gasteiger partial charge in [0.05, 0.1) is 17.4 Å². The molecule has 0 aliphatic carbocycles. The lowest BCUT2D eigenvalue weighted by atomic mass is 9.92. The van der Waals surface area contributed by atoms with E-state index in [1.54, 1.807) is 17.0 Å². The topological polar surface area (TPSA) is 84.0 Å². The Morgan fingerprint density at radius 2 is 1.65 bits per heavy atom. The maximum atomic E-state index is 13.5. The third-order valence-electron chi connectivity index (χ3n) is 6.98. The summed E-state index contributed by atoms with van der Waals surface area (Å²) < 4.78 is 47.0. The molecule has 0 aromatic heterocycles. The average molecular weight is 523 g/mol. The Morgan fingerprint density at radius 1 is 0.973 bits per heavy atom. The number of carbonyl (C=O) groups excluding carboxylic acids is 2.